The fourth-order valence-electron chi connectivity index (χ4n) is 3.82. The minimum atomic E-state index is 0.558. The van der Waals surface area contributed by atoms with Gasteiger partial charge in [-0.1, -0.05) is 13.8 Å². The van der Waals surface area contributed by atoms with Crippen molar-refractivity contribution in [2.75, 3.05) is 23.3 Å². The van der Waals surface area contributed by atoms with Crippen molar-refractivity contribution in [3.05, 3.63) is 23.8 Å². The van der Waals surface area contributed by atoms with Crippen LogP contribution in [0.2, 0.25) is 0 Å². The van der Waals surface area contributed by atoms with E-state index in [1.54, 1.807) is 0 Å². The summed E-state index contributed by atoms with van der Waals surface area (Å²) in [7, 11) is 0. The second-order valence-corrected chi connectivity index (χ2v) is 6.80. The lowest BCUT2D eigenvalue weighted by molar-refractivity contribution is 0.301. The largest absolute Gasteiger partial charge is 0.382 e. The summed E-state index contributed by atoms with van der Waals surface area (Å²) >= 11 is 0. The predicted octanol–water partition coefficient (Wildman–Crippen LogP) is 4.45. The number of rotatable bonds is 3. The number of hydrogen-bond donors (Lipinski definition) is 1. The highest BCUT2D eigenvalue weighted by Crippen LogP contribution is 2.40. The molecule has 2 aliphatic heterocycles. The molecule has 1 atom stereocenters. The van der Waals surface area contributed by atoms with E-state index in [2.05, 4.69) is 49.2 Å². The van der Waals surface area contributed by atoms with E-state index in [9.17, 15) is 0 Å². The Hall–Kier alpha value is -1.18. The fraction of sp³-hybridized carbons (Fsp3) is 0.667. The smallest absolute Gasteiger partial charge is 0.0376 e. The molecule has 3 rings (SSSR count). The summed E-state index contributed by atoms with van der Waals surface area (Å²) < 4.78 is 0. The van der Waals surface area contributed by atoms with Crippen LogP contribution in [0.15, 0.2) is 18.2 Å². The molecule has 0 aliphatic carbocycles. The summed E-state index contributed by atoms with van der Waals surface area (Å²) in [6.07, 6.45) is 6.45. The maximum atomic E-state index is 3.60. The Morgan fingerprint density at radius 3 is 2.80 bits per heavy atom. The summed E-state index contributed by atoms with van der Waals surface area (Å²) in [4.78, 5) is 2.60. The lowest BCUT2D eigenvalue weighted by Crippen LogP contribution is -2.27. The zero-order valence-electron chi connectivity index (χ0n) is 13.2. The Kier molecular flexibility index (Phi) is 3.66. The quantitative estimate of drug-likeness (QED) is 0.874. The molecule has 2 nitrogen and oxygen atoms in total. The van der Waals surface area contributed by atoms with E-state index in [0.29, 0.717) is 11.5 Å². The monoisotopic (exact) mass is 272 g/mol. The van der Waals surface area contributed by atoms with Crippen molar-refractivity contribution in [2.45, 2.75) is 58.9 Å². The van der Waals surface area contributed by atoms with Crippen LogP contribution in [0.3, 0.4) is 0 Å². The number of nitrogens with zero attached hydrogens (tertiary/aromatic N) is 1. The lowest BCUT2D eigenvalue weighted by atomic mass is 9.82. The number of nitrogens with one attached hydrogen (secondary N) is 1. The van der Waals surface area contributed by atoms with Gasteiger partial charge in [-0.05, 0) is 68.2 Å². The Balaban J connectivity index is 1.79. The van der Waals surface area contributed by atoms with Gasteiger partial charge in [0.15, 0.2) is 0 Å². The second-order valence-electron chi connectivity index (χ2n) is 6.80. The van der Waals surface area contributed by atoms with Gasteiger partial charge < -0.3 is 10.2 Å². The van der Waals surface area contributed by atoms with Crippen LogP contribution < -0.4 is 10.2 Å². The Labute approximate surface area is 123 Å². The molecule has 110 valence electrons. The van der Waals surface area contributed by atoms with Gasteiger partial charge in [0.05, 0.1) is 0 Å². The number of aryl methyl sites for hydroxylation is 1. The fourth-order valence-corrected chi connectivity index (χ4v) is 3.82. The standard InChI is InChI=1S/C18H28N2/c1-4-18(5-2)10-11-20(13-18)16-8-9-17-15(12-16)7-6-14(3)19-17/h8-9,12,14,19H,4-7,10-11,13H2,1-3H3. The van der Waals surface area contributed by atoms with E-state index in [-0.39, 0.29) is 0 Å². The van der Waals surface area contributed by atoms with Crippen LogP contribution in [-0.2, 0) is 6.42 Å². The molecule has 0 aromatic heterocycles. The van der Waals surface area contributed by atoms with Crippen molar-refractivity contribution in [1.29, 1.82) is 0 Å². The van der Waals surface area contributed by atoms with Crippen molar-refractivity contribution < 1.29 is 0 Å². The van der Waals surface area contributed by atoms with E-state index in [1.165, 1.54) is 62.1 Å². The lowest BCUT2D eigenvalue weighted by Gasteiger charge is -2.29. The average molecular weight is 272 g/mol. The van der Waals surface area contributed by atoms with Gasteiger partial charge in [-0.2, -0.15) is 0 Å². The molecule has 0 saturated carbocycles. The van der Waals surface area contributed by atoms with Crippen molar-refractivity contribution in [1.82, 2.24) is 0 Å². The third kappa shape index (κ3) is 2.41. The maximum absolute atomic E-state index is 3.60. The predicted molar refractivity (Wildman–Crippen MR) is 87.7 cm³/mol. The Bertz CT molecular complexity index is 476. The van der Waals surface area contributed by atoms with Crippen LogP contribution >= 0.6 is 0 Å². The van der Waals surface area contributed by atoms with Crippen LogP contribution in [0.25, 0.3) is 0 Å². The minimum absolute atomic E-state index is 0.558. The summed E-state index contributed by atoms with van der Waals surface area (Å²) in [6, 6.07) is 7.65. The van der Waals surface area contributed by atoms with E-state index in [0.717, 1.165) is 0 Å². The van der Waals surface area contributed by atoms with Gasteiger partial charge in [-0.3, -0.25) is 0 Å². The molecule has 0 amide bonds. The van der Waals surface area contributed by atoms with Gasteiger partial charge in [0.2, 0.25) is 0 Å². The summed E-state index contributed by atoms with van der Waals surface area (Å²) in [5.41, 5.74) is 4.85. The molecule has 20 heavy (non-hydrogen) atoms. The first-order valence-electron chi connectivity index (χ1n) is 8.30. The van der Waals surface area contributed by atoms with Crippen LogP contribution in [0, 0.1) is 5.41 Å². The first-order chi connectivity index (χ1) is 9.65. The van der Waals surface area contributed by atoms with E-state index in [4.69, 9.17) is 0 Å². The molecule has 1 fully saturated rings. The van der Waals surface area contributed by atoms with Gasteiger partial charge in [-0.25, -0.2) is 0 Å². The summed E-state index contributed by atoms with van der Waals surface area (Å²) in [6.45, 7) is 9.44. The van der Waals surface area contributed by atoms with E-state index < -0.39 is 0 Å². The maximum Gasteiger partial charge on any atom is 0.0376 e. The van der Waals surface area contributed by atoms with E-state index >= 15 is 0 Å². The van der Waals surface area contributed by atoms with Gasteiger partial charge in [0.1, 0.15) is 0 Å². The highest BCUT2D eigenvalue weighted by molar-refractivity contribution is 5.62. The number of hydrogen-bond acceptors (Lipinski definition) is 2. The highest BCUT2D eigenvalue weighted by atomic mass is 15.2. The third-order valence-corrected chi connectivity index (χ3v) is 5.64. The summed E-state index contributed by atoms with van der Waals surface area (Å²) in [5, 5.41) is 3.60. The van der Waals surface area contributed by atoms with Crippen LogP contribution in [0.4, 0.5) is 11.4 Å². The van der Waals surface area contributed by atoms with Crippen molar-refractivity contribution in [3.8, 4) is 0 Å². The van der Waals surface area contributed by atoms with Crippen LogP contribution in [-0.4, -0.2) is 19.1 Å². The highest BCUT2D eigenvalue weighted by Gasteiger charge is 2.35. The first kappa shape index (κ1) is 13.8. The van der Waals surface area contributed by atoms with Crippen molar-refractivity contribution in [3.63, 3.8) is 0 Å². The minimum Gasteiger partial charge on any atom is -0.382 e. The van der Waals surface area contributed by atoms with Crippen LogP contribution in [0.1, 0.15) is 52.0 Å². The molecule has 2 aliphatic rings. The summed E-state index contributed by atoms with van der Waals surface area (Å²) in [5.74, 6) is 0. The molecule has 1 unspecified atom stereocenters. The molecule has 0 bridgehead atoms. The van der Waals surface area contributed by atoms with Gasteiger partial charge >= 0.3 is 0 Å². The molecule has 0 radical (unpaired) electrons. The topological polar surface area (TPSA) is 15.3 Å². The van der Waals surface area contributed by atoms with E-state index in [1.807, 2.05) is 0 Å². The zero-order chi connectivity index (χ0) is 14.2. The SMILES string of the molecule is CCC1(CC)CCN(c2ccc3c(c2)CCC(C)N3)C1. The molecular weight excluding hydrogens is 244 g/mol. The Morgan fingerprint density at radius 2 is 2.10 bits per heavy atom. The van der Waals surface area contributed by atoms with Gasteiger partial charge in [0, 0.05) is 30.5 Å². The molecule has 1 aromatic rings. The number of anilines is 2. The van der Waals surface area contributed by atoms with Gasteiger partial charge in [0.25, 0.3) is 0 Å². The number of benzene rings is 1. The third-order valence-electron chi connectivity index (χ3n) is 5.64. The second kappa shape index (κ2) is 5.31. The van der Waals surface area contributed by atoms with Crippen molar-refractivity contribution in [2.24, 2.45) is 5.41 Å². The van der Waals surface area contributed by atoms with Crippen LogP contribution in [0.5, 0.6) is 0 Å². The Morgan fingerprint density at radius 1 is 1.30 bits per heavy atom. The average Bonchev–Trinajstić information content (AvgIpc) is 2.92. The molecule has 0 spiro atoms. The normalized spacial score (nSPS) is 24.4. The van der Waals surface area contributed by atoms with Crippen molar-refractivity contribution >= 4 is 11.4 Å². The number of fused-ring (bicyclic) bond motifs is 1. The van der Waals surface area contributed by atoms with Gasteiger partial charge in [-0.15, -0.1) is 0 Å². The molecule has 1 aromatic carbocycles. The zero-order valence-corrected chi connectivity index (χ0v) is 13.2. The molecular formula is C18H28N2. The molecule has 2 heterocycles. The molecule has 2 heteroatoms. The first-order valence-corrected chi connectivity index (χ1v) is 8.30. The molecule has 1 saturated heterocycles. The molecule has 1 N–H and O–H groups in total.